The van der Waals surface area contributed by atoms with E-state index in [1.165, 1.54) is 64.3 Å². The summed E-state index contributed by atoms with van der Waals surface area (Å²) >= 11 is 0. The van der Waals surface area contributed by atoms with Crippen LogP contribution in [0.1, 0.15) is 78.6 Å². The monoisotopic (exact) mass is 239 g/mol. The average molecular weight is 239 g/mol. The Morgan fingerprint density at radius 1 is 1.12 bits per heavy atom. The minimum Gasteiger partial charge on any atom is -0.314 e. The molecule has 1 heteroatoms. The van der Waals surface area contributed by atoms with Gasteiger partial charge in [-0.05, 0) is 38.1 Å². The molecule has 0 radical (unpaired) electrons. The van der Waals surface area contributed by atoms with Crippen molar-refractivity contribution in [2.24, 2.45) is 11.8 Å². The summed E-state index contributed by atoms with van der Waals surface area (Å²) in [7, 11) is 0. The molecule has 0 heterocycles. The lowest BCUT2D eigenvalue weighted by Crippen LogP contribution is -2.28. The molecule has 1 nitrogen and oxygen atoms in total. The summed E-state index contributed by atoms with van der Waals surface area (Å²) in [6, 6.07) is 0.726. The van der Waals surface area contributed by atoms with E-state index in [9.17, 15) is 0 Å². The van der Waals surface area contributed by atoms with Crippen LogP contribution in [0.5, 0.6) is 0 Å². The van der Waals surface area contributed by atoms with Crippen molar-refractivity contribution in [2.75, 3.05) is 6.54 Å². The van der Waals surface area contributed by atoms with Crippen LogP contribution < -0.4 is 5.32 Å². The maximum atomic E-state index is 3.70. The molecule has 102 valence electrons. The summed E-state index contributed by atoms with van der Waals surface area (Å²) in [5, 5.41) is 3.70. The minimum absolute atomic E-state index is 0.726. The van der Waals surface area contributed by atoms with Crippen molar-refractivity contribution in [3.05, 3.63) is 0 Å². The van der Waals surface area contributed by atoms with E-state index in [1.54, 1.807) is 0 Å². The minimum atomic E-state index is 0.726. The van der Waals surface area contributed by atoms with E-state index in [0.717, 1.165) is 17.9 Å². The molecule has 1 rings (SSSR count). The Kier molecular flexibility index (Phi) is 7.92. The highest BCUT2D eigenvalue weighted by molar-refractivity contribution is 4.71. The molecule has 0 bridgehead atoms. The molecule has 1 N–H and O–H groups in total. The van der Waals surface area contributed by atoms with Gasteiger partial charge in [0.05, 0.1) is 0 Å². The Morgan fingerprint density at radius 3 is 2.47 bits per heavy atom. The summed E-state index contributed by atoms with van der Waals surface area (Å²) < 4.78 is 0. The molecule has 1 saturated carbocycles. The highest BCUT2D eigenvalue weighted by Gasteiger charge is 2.17. The Hall–Kier alpha value is -0.0400. The zero-order chi connectivity index (χ0) is 12.5. The lowest BCUT2D eigenvalue weighted by Gasteiger charge is -2.26. The predicted molar refractivity (Wildman–Crippen MR) is 77.3 cm³/mol. The van der Waals surface area contributed by atoms with E-state index in [4.69, 9.17) is 0 Å². The van der Waals surface area contributed by atoms with Gasteiger partial charge in [-0.25, -0.2) is 0 Å². The molecule has 1 unspecified atom stereocenters. The van der Waals surface area contributed by atoms with E-state index < -0.39 is 0 Å². The lowest BCUT2D eigenvalue weighted by atomic mass is 9.81. The Morgan fingerprint density at radius 2 is 1.82 bits per heavy atom. The quantitative estimate of drug-likeness (QED) is 0.602. The Balaban J connectivity index is 1.95. The summed E-state index contributed by atoms with van der Waals surface area (Å²) in [6.07, 6.45) is 12.8. The van der Waals surface area contributed by atoms with Crippen LogP contribution >= 0.6 is 0 Å². The molecule has 0 aromatic carbocycles. The van der Waals surface area contributed by atoms with Crippen LogP contribution in [0.15, 0.2) is 0 Å². The highest BCUT2D eigenvalue weighted by atomic mass is 14.9. The molecular weight excluding hydrogens is 206 g/mol. The van der Waals surface area contributed by atoms with E-state index >= 15 is 0 Å². The first kappa shape index (κ1) is 15.0. The van der Waals surface area contributed by atoms with Crippen molar-refractivity contribution in [1.82, 2.24) is 5.32 Å². The van der Waals surface area contributed by atoms with E-state index in [2.05, 4.69) is 26.1 Å². The van der Waals surface area contributed by atoms with Crippen molar-refractivity contribution in [3.63, 3.8) is 0 Å². The first-order valence-electron chi connectivity index (χ1n) is 7.95. The van der Waals surface area contributed by atoms with Gasteiger partial charge < -0.3 is 5.32 Å². The van der Waals surface area contributed by atoms with Crippen molar-refractivity contribution in [1.29, 1.82) is 0 Å². The van der Waals surface area contributed by atoms with Gasteiger partial charge in [-0.15, -0.1) is 0 Å². The van der Waals surface area contributed by atoms with Crippen LogP contribution in [0, 0.1) is 11.8 Å². The van der Waals surface area contributed by atoms with Gasteiger partial charge in [0.15, 0.2) is 0 Å². The molecule has 0 aromatic rings. The summed E-state index contributed by atoms with van der Waals surface area (Å²) in [5.74, 6) is 2.01. The van der Waals surface area contributed by atoms with Gasteiger partial charge in [-0.3, -0.25) is 0 Å². The van der Waals surface area contributed by atoms with Crippen LogP contribution in [-0.4, -0.2) is 12.6 Å². The van der Waals surface area contributed by atoms with Gasteiger partial charge in [0, 0.05) is 6.04 Å². The average Bonchev–Trinajstić information content (AvgIpc) is 2.32. The maximum absolute atomic E-state index is 3.70. The third kappa shape index (κ3) is 7.08. The summed E-state index contributed by atoms with van der Waals surface area (Å²) in [6.45, 7) is 8.28. The summed E-state index contributed by atoms with van der Waals surface area (Å²) in [4.78, 5) is 0. The SMILES string of the molecule is CCCCCC(C)NCCC1CCC(C)CC1. The largest absolute Gasteiger partial charge is 0.314 e. The second-order valence-electron chi connectivity index (χ2n) is 6.27. The number of hydrogen-bond acceptors (Lipinski definition) is 1. The molecule has 1 fully saturated rings. The standard InChI is InChI=1S/C16H33N/c1-4-5-6-7-15(3)17-13-12-16-10-8-14(2)9-11-16/h14-17H,4-13H2,1-3H3. The number of unbranched alkanes of at least 4 members (excludes halogenated alkanes) is 2. The third-order valence-electron chi connectivity index (χ3n) is 4.42. The molecule has 0 spiro atoms. The Labute approximate surface area is 109 Å². The molecule has 17 heavy (non-hydrogen) atoms. The third-order valence-corrected chi connectivity index (χ3v) is 4.42. The Bertz CT molecular complexity index is 170. The molecule has 0 saturated heterocycles. The highest BCUT2D eigenvalue weighted by Crippen LogP contribution is 2.29. The fourth-order valence-corrected chi connectivity index (χ4v) is 2.95. The number of nitrogens with one attached hydrogen (secondary N) is 1. The van der Waals surface area contributed by atoms with Gasteiger partial charge in [0.1, 0.15) is 0 Å². The smallest absolute Gasteiger partial charge is 0.00387 e. The van der Waals surface area contributed by atoms with Crippen molar-refractivity contribution >= 4 is 0 Å². The van der Waals surface area contributed by atoms with Crippen LogP contribution in [0.4, 0.5) is 0 Å². The van der Waals surface area contributed by atoms with Crippen LogP contribution in [0.2, 0.25) is 0 Å². The van der Waals surface area contributed by atoms with Crippen LogP contribution in [0.3, 0.4) is 0 Å². The predicted octanol–water partition coefficient (Wildman–Crippen LogP) is 4.76. The second kappa shape index (κ2) is 8.97. The molecule has 0 aliphatic heterocycles. The lowest BCUT2D eigenvalue weighted by molar-refractivity contribution is 0.272. The fraction of sp³-hybridized carbons (Fsp3) is 1.00. The van der Waals surface area contributed by atoms with Gasteiger partial charge in [0.2, 0.25) is 0 Å². The molecule has 0 aromatic heterocycles. The maximum Gasteiger partial charge on any atom is 0.00387 e. The summed E-state index contributed by atoms with van der Waals surface area (Å²) in [5.41, 5.74) is 0. The molecule has 0 amide bonds. The van der Waals surface area contributed by atoms with Crippen LogP contribution in [0.25, 0.3) is 0 Å². The van der Waals surface area contributed by atoms with Gasteiger partial charge in [0.25, 0.3) is 0 Å². The normalized spacial score (nSPS) is 27.0. The van der Waals surface area contributed by atoms with E-state index in [0.29, 0.717) is 0 Å². The number of rotatable bonds is 8. The number of hydrogen-bond donors (Lipinski definition) is 1. The molecule has 1 aliphatic carbocycles. The second-order valence-corrected chi connectivity index (χ2v) is 6.27. The van der Waals surface area contributed by atoms with Crippen molar-refractivity contribution in [2.45, 2.75) is 84.6 Å². The first-order chi connectivity index (χ1) is 8.22. The van der Waals surface area contributed by atoms with Crippen LogP contribution in [-0.2, 0) is 0 Å². The topological polar surface area (TPSA) is 12.0 Å². The zero-order valence-electron chi connectivity index (χ0n) is 12.3. The van der Waals surface area contributed by atoms with Gasteiger partial charge >= 0.3 is 0 Å². The van der Waals surface area contributed by atoms with E-state index in [-0.39, 0.29) is 0 Å². The first-order valence-corrected chi connectivity index (χ1v) is 7.95. The molecule has 1 atom stereocenters. The fourth-order valence-electron chi connectivity index (χ4n) is 2.95. The van der Waals surface area contributed by atoms with Crippen molar-refractivity contribution in [3.8, 4) is 0 Å². The molecule has 1 aliphatic rings. The zero-order valence-corrected chi connectivity index (χ0v) is 12.3. The van der Waals surface area contributed by atoms with Gasteiger partial charge in [-0.2, -0.15) is 0 Å². The molecular formula is C16H33N. The van der Waals surface area contributed by atoms with Gasteiger partial charge in [-0.1, -0.05) is 58.8 Å². The van der Waals surface area contributed by atoms with Crippen molar-refractivity contribution < 1.29 is 0 Å². The van der Waals surface area contributed by atoms with E-state index in [1.807, 2.05) is 0 Å².